The SMILES string of the molecule is CCc1cc(Cl)ccc1Sc1ccccc1[N+](=O)[O-]. The predicted molar refractivity (Wildman–Crippen MR) is 78.0 cm³/mol. The quantitative estimate of drug-likeness (QED) is 0.591. The molecule has 2 aromatic carbocycles. The average Bonchev–Trinajstić information content (AvgIpc) is 2.41. The van der Waals surface area contributed by atoms with Crippen LogP contribution in [0.5, 0.6) is 0 Å². The molecule has 2 rings (SSSR count). The van der Waals surface area contributed by atoms with E-state index in [-0.39, 0.29) is 10.6 Å². The molecule has 0 amide bonds. The van der Waals surface area contributed by atoms with Crippen LogP contribution in [-0.4, -0.2) is 4.92 Å². The highest BCUT2D eigenvalue weighted by Gasteiger charge is 2.14. The van der Waals surface area contributed by atoms with Crippen LogP contribution < -0.4 is 0 Å². The lowest BCUT2D eigenvalue weighted by atomic mass is 10.2. The van der Waals surface area contributed by atoms with E-state index in [4.69, 9.17) is 11.6 Å². The van der Waals surface area contributed by atoms with Gasteiger partial charge in [0, 0.05) is 16.0 Å². The van der Waals surface area contributed by atoms with E-state index in [1.807, 2.05) is 19.1 Å². The standard InChI is InChI=1S/C14H12ClNO2S/c1-2-10-9-11(15)7-8-13(10)19-14-6-4-3-5-12(14)16(17)18/h3-9H,2H2,1H3. The molecule has 2 aromatic rings. The summed E-state index contributed by atoms with van der Waals surface area (Å²) in [6.07, 6.45) is 0.837. The monoisotopic (exact) mass is 293 g/mol. The number of nitro benzene ring substituents is 1. The summed E-state index contributed by atoms with van der Waals surface area (Å²) in [4.78, 5) is 12.3. The number of benzene rings is 2. The molecule has 0 N–H and O–H groups in total. The second kappa shape index (κ2) is 6.08. The number of rotatable bonds is 4. The van der Waals surface area contributed by atoms with Crippen molar-refractivity contribution in [3.63, 3.8) is 0 Å². The van der Waals surface area contributed by atoms with Crippen molar-refractivity contribution >= 4 is 29.1 Å². The fourth-order valence-corrected chi connectivity index (χ4v) is 3.03. The van der Waals surface area contributed by atoms with Crippen molar-refractivity contribution < 1.29 is 4.92 Å². The summed E-state index contributed by atoms with van der Waals surface area (Å²) < 4.78 is 0. The molecule has 0 saturated heterocycles. The van der Waals surface area contributed by atoms with E-state index in [0.717, 1.165) is 16.9 Å². The zero-order valence-corrected chi connectivity index (χ0v) is 11.9. The predicted octanol–water partition coefficient (Wildman–Crippen LogP) is 4.96. The Kier molecular flexibility index (Phi) is 4.45. The third-order valence-electron chi connectivity index (χ3n) is 2.69. The summed E-state index contributed by atoms with van der Waals surface area (Å²) in [5, 5.41) is 11.7. The summed E-state index contributed by atoms with van der Waals surface area (Å²) >= 11 is 7.36. The van der Waals surface area contributed by atoms with Crippen LogP contribution in [0.4, 0.5) is 5.69 Å². The van der Waals surface area contributed by atoms with Crippen LogP contribution in [-0.2, 0) is 6.42 Å². The van der Waals surface area contributed by atoms with Crippen molar-refractivity contribution in [2.75, 3.05) is 0 Å². The molecule has 0 aliphatic heterocycles. The summed E-state index contributed by atoms with van der Waals surface area (Å²) in [5.74, 6) is 0. The maximum absolute atomic E-state index is 11.0. The van der Waals surface area contributed by atoms with E-state index >= 15 is 0 Å². The maximum atomic E-state index is 11.0. The lowest BCUT2D eigenvalue weighted by Crippen LogP contribution is -1.91. The molecular formula is C14H12ClNO2S. The molecule has 0 radical (unpaired) electrons. The third kappa shape index (κ3) is 3.28. The molecule has 0 saturated carbocycles. The molecule has 5 heteroatoms. The topological polar surface area (TPSA) is 43.1 Å². The second-order valence-corrected chi connectivity index (χ2v) is 5.45. The number of nitrogens with zero attached hydrogens (tertiary/aromatic N) is 1. The molecule has 0 atom stereocenters. The Bertz CT molecular complexity index is 616. The largest absolute Gasteiger partial charge is 0.283 e. The third-order valence-corrected chi connectivity index (χ3v) is 4.10. The van der Waals surface area contributed by atoms with Gasteiger partial charge < -0.3 is 0 Å². The van der Waals surface area contributed by atoms with E-state index in [1.165, 1.54) is 17.8 Å². The van der Waals surface area contributed by atoms with Gasteiger partial charge in [-0.2, -0.15) is 0 Å². The van der Waals surface area contributed by atoms with Gasteiger partial charge >= 0.3 is 0 Å². The van der Waals surface area contributed by atoms with Crippen molar-refractivity contribution in [2.24, 2.45) is 0 Å². The van der Waals surface area contributed by atoms with Gasteiger partial charge in [0.25, 0.3) is 5.69 Å². The first-order chi connectivity index (χ1) is 9.11. The Morgan fingerprint density at radius 1 is 1.21 bits per heavy atom. The van der Waals surface area contributed by atoms with Crippen molar-refractivity contribution in [1.82, 2.24) is 0 Å². The molecule has 19 heavy (non-hydrogen) atoms. The van der Waals surface area contributed by atoms with E-state index < -0.39 is 0 Å². The Morgan fingerprint density at radius 2 is 1.95 bits per heavy atom. The molecule has 0 unspecified atom stereocenters. The van der Waals surface area contributed by atoms with Crippen LogP contribution in [0.15, 0.2) is 52.3 Å². The maximum Gasteiger partial charge on any atom is 0.283 e. The molecule has 98 valence electrons. The minimum Gasteiger partial charge on any atom is -0.258 e. The van der Waals surface area contributed by atoms with Gasteiger partial charge in [0.05, 0.1) is 9.82 Å². The van der Waals surface area contributed by atoms with Crippen LogP contribution in [0.1, 0.15) is 12.5 Å². The zero-order valence-electron chi connectivity index (χ0n) is 10.3. The Hall–Kier alpha value is -1.52. The molecule has 0 fully saturated rings. The van der Waals surface area contributed by atoms with Gasteiger partial charge in [0.2, 0.25) is 0 Å². The van der Waals surface area contributed by atoms with Gasteiger partial charge in [0.15, 0.2) is 0 Å². The number of para-hydroxylation sites is 1. The summed E-state index contributed by atoms with van der Waals surface area (Å²) in [5.41, 5.74) is 1.22. The normalized spacial score (nSPS) is 10.4. The van der Waals surface area contributed by atoms with Gasteiger partial charge in [-0.05, 0) is 36.2 Å². The van der Waals surface area contributed by atoms with Gasteiger partial charge in [-0.1, -0.05) is 42.4 Å². The van der Waals surface area contributed by atoms with E-state index in [1.54, 1.807) is 24.3 Å². The van der Waals surface area contributed by atoms with Gasteiger partial charge in [-0.25, -0.2) is 0 Å². The number of hydrogen-bond acceptors (Lipinski definition) is 3. The smallest absolute Gasteiger partial charge is 0.258 e. The lowest BCUT2D eigenvalue weighted by molar-refractivity contribution is -0.387. The molecule has 3 nitrogen and oxygen atoms in total. The van der Waals surface area contributed by atoms with Gasteiger partial charge in [0.1, 0.15) is 0 Å². The van der Waals surface area contributed by atoms with E-state index in [2.05, 4.69) is 0 Å². The molecular weight excluding hydrogens is 282 g/mol. The van der Waals surface area contributed by atoms with Crippen molar-refractivity contribution in [3.05, 3.63) is 63.2 Å². The van der Waals surface area contributed by atoms with Crippen molar-refractivity contribution in [3.8, 4) is 0 Å². The van der Waals surface area contributed by atoms with Crippen LogP contribution in [0, 0.1) is 10.1 Å². The minimum atomic E-state index is -0.357. The Morgan fingerprint density at radius 3 is 2.63 bits per heavy atom. The lowest BCUT2D eigenvalue weighted by Gasteiger charge is -2.08. The number of halogens is 1. The van der Waals surface area contributed by atoms with Crippen LogP contribution in [0.3, 0.4) is 0 Å². The molecule has 0 aromatic heterocycles. The Balaban J connectivity index is 2.39. The molecule has 0 heterocycles. The first-order valence-corrected chi connectivity index (χ1v) is 7.01. The number of hydrogen-bond donors (Lipinski definition) is 0. The average molecular weight is 294 g/mol. The summed E-state index contributed by atoms with van der Waals surface area (Å²) in [7, 11) is 0. The van der Waals surface area contributed by atoms with Crippen LogP contribution in [0.25, 0.3) is 0 Å². The van der Waals surface area contributed by atoms with Crippen molar-refractivity contribution in [2.45, 2.75) is 23.1 Å². The van der Waals surface area contributed by atoms with Crippen molar-refractivity contribution in [1.29, 1.82) is 0 Å². The number of aryl methyl sites for hydroxylation is 1. The minimum absolute atomic E-state index is 0.129. The Labute approximate surface area is 120 Å². The molecule has 0 bridgehead atoms. The highest BCUT2D eigenvalue weighted by Crippen LogP contribution is 2.37. The summed E-state index contributed by atoms with van der Waals surface area (Å²) in [6.45, 7) is 2.04. The fourth-order valence-electron chi connectivity index (χ4n) is 1.74. The number of nitro groups is 1. The van der Waals surface area contributed by atoms with Gasteiger partial charge in [-0.15, -0.1) is 0 Å². The van der Waals surface area contributed by atoms with Crippen LogP contribution >= 0.6 is 23.4 Å². The van der Waals surface area contributed by atoms with E-state index in [9.17, 15) is 10.1 Å². The van der Waals surface area contributed by atoms with E-state index in [0.29, 0.717) is 9.92 Å². The highest BCUT2D eigenvalue weighted by molar-refractivity contribution is 7.99. The molecule has 0 aliphatic carbocycles. The molecule has 0 spiro atoms. The van der Waals surface area contributed by atoms with Crippen LogP contribution in [0.2, 0.25) is 5.02 Å². The zero-order chi connectivity index (χ0) is 13.8. The first kappa shape index (κ1) is 13.9. The summed E-state index contributed by atoms with van der Waals surface area (Å²) in [6, 6.07) is 12.4. The van der Waals surface area contributed by atoms with Gasteiger partial charge in [-0.3, -0.25) is 10.1 Å². The fraction of sp³-hybridized carbons (Fsp3) is 0.143. The highest BCUT2D eigenvalue weighted by atomic mass is 35.5. The second-order valence-electron chi connectivity index (χ2n) is 3.93. The first-order valence-electron chi connectivity index (χ1n) is 5.81. The molecule has 0 aliphatic rings.